The number of nitrogens with one attached hydrogen (secondary N) is 3. The van der Waals surface area contributed by atoms with Gasteiger partial charge < -0.3 is 4.98 Å². The second kappa shape index (κ2) is 6.14. The van der Waals surface area contributed by atoms with Crippen molar-refractivity contribution < 1.29 is 9.59 Å². The summed E-state index contributed by atoms with van der Waals surface area (Å²) in [6.45, 7) is 1.94. The molecule has 1 amide bonds. The highest BCUT2D eigenvalue weighted by molar-refractivity contribution is 6.45. The average molecular weight is 328 g/mol. The number of ketones is 1. The molecule has 3 aromatic rings. The number of amides is 1. The van der Waals surface area contributed by atoms with Gasteiger partial charge in [-0.05, 0) is 42.8 Å². The topological polar surface area (TPSA) is 74.0 Å². The number of anilines is 1. The summed E-state index contributed by atoms with van der Waals surface area (Å²) in [5.41, 5.74) is 7.92. The number of H-pyrrole nitrogens is 1. The number of benzene rings is 2. The first-order valence-electron chi connectivity index (χ1n) is 6.98. The average Bonchev–Trinajstić information content (AvgIpc) is 2.95. The van der Waals surface area contributed by atoms with E-state index in [4.69, 9.17) is 11.6 Å². The molecule has 23 heavy (non-hydrogen) atoms. The zero-order valence-electron chi connectivity index (χ0n) is 12.3. The third kappa shape index (κ3) is 3.19. The summed E-state index contributed by atoms with van der Waals surface area (Å²) < 4.78 is 0. The van der Waals surface area contributed by atoms with E-state index in [-0.39, 0.29) is 5.56 Å². The van der Waals surface area contributed by atoms with Gasteiger partial charge >= 0.3 is 5.91 Å². The monoisotopic (exact) mass is 327 g/mol. The van der Waals surface area contributed by atoms with Gasteiger partial charge in [-0.2, -0.15) is 0 Å². The van der Waals surface area contributed by atoms with Crippen LogP contribution in [0.15, 0.2) is 48.7 Å². The maximum absolute atomic E-state index is 12.3. The number of carbonyl (C=O) groups excluding carboxylic acids is 2. The van der Waals surface area contributed by atoms with Crippen molar-refractivity contribution in [3.05, 3.63) is 64.8 Å². The van der Waals surface area contributed by atoms with Crippen molar-refractivity contribution in [3.8, 4) is 0 Å². The lowest BCUT2D eigenvalue weighted by Gasteiger charge is -2.08. The minimum atomic E-state index is -0.743. The van der Waals surface area contributed by atoms with Crippen molar-refractivity contribution in [2.45, 2.75) is 6.92 Å². The highest BCUT2D eigenvalue weighted by Crippen LogP contribution is 2.22. The summed E-state index contributed by atoms with van der Waals surface area (Å²) in [4.78, 5) is 27.3. The van der Waals surface area contributed by atoms with Gasteiger partial charge in [0.15, 0.2) is 0 Å². The summed E-state index contributed by atoms with van der Waals surface area (Å²) in [6, 6.07) is 12.6. The molecule has 0 aliphatic heterocycles. The van der Waals surface area contributed by atoms with Crippen LogP contribution in [0.25, 0.3) is 10.9 Å². The molecule has 0 saturated carbocycles. The van der Waals surface area contributed by atoms with Crippen molar-refractivity contribution in [2.24, 2.45) is 0 Å². The van der Waals surface area contributed by atoms with Crippen LogP contribution < -0.4 is 10.9 Å². The molecule has 0 aliphatic carbocycles. The van der Waals surface area contributed by atoms with E-state index in [0.29, 0.717) is 16.1 Å². The largest absolute Gasteiger partial charge is 0.360 e. The van der Waals surface area contributed by atoms with E-state index in [2.05, 4.69) is 15.8 Å². The van der Waals surface area contributed by atoms with Crippen molar-refractivity contribution >= 4 is 39.9 Å². The molecule has 1 aromatic heterocycles. The van der Waals surface area contributed by atoms with E-state index in [0.717, 1.165) is 11.1 Å². The Morgan fingerprint density at radius 1 is 1.13 bits per heavy atom. The molecule has 3 N–H and O–H groups in total. The molecule has 0 bridgehead atoms. The van der Waals surface area contributed by atoms with E-state index >= 15 is 0 Å². The second-order valence-electron chi connectivity index (χ2n) is 5.17. The lowest BCUT2D eigenvalue weighted by molar-refractivity contribution is -0.116. The van der Waals surface area contributed by atoms with Crippen molar-refractivity contribution in [1.82, 2.24) is 10.4 Å². The molecule has 0 unspecified atom stereocenters. The first-order chi connectivity index (χ1) is 11.0. The van der Waals surface area contributed by atoms with Gasteiger partial charge in [0.1, 0.15) is 0 Å². The summed E-state index contributed by atoms with van der Waals surface area (Å²) >= 11 is 5.95. The predicted molar refractivity (Wildman–Crippen MR) is 90.6 cm³/mol. The molecule has 5 nitrogen and oxygen atoms in total. The highest BCUT2D eigenvalue weighted by atomic mass is 35.5. The fraction of sp³-hybridized carbons (Fsp3) is 0.0588. The normalized spacial score (nSPS) is 10.5. The Morgan fingerprint density at radius 3 is 2.74 bits per heavy atom. The van der Waals surface area contributed by atoms with Gasteiger partial charge in [-0.1, -0.05) is 23.7 Å². The number of hydrazine groups is 1. The van der Waals surface area contributed by atoms with Crippen molar-refractivity contribution in [2.75, 3.05) is 5.43 Å². The Labute approximate surface area is 137 Å². The van der Waals surface area contributed by atoms with Gasteiger partial charge in [-0.3, -0.25) is 20.4 Å². The maximum atomic E-state index is 12.3. The summed E-state index contributed by atoms with van der Waals surface area (Å²) in [7, 11) is 0. The van der Waals surface area contributed by atoms with E-state index < -0.39 is 11.7 Å². The third-order valence-corrected chi connectivity index (χ3v) is 3.67. The molecule has 116 valence electrons. The minimum absolute atomic E-state index is 0.283. The second-order valence-corrected chi connectivity index (χ2v) is 5.61. The van der Waals surface area contributed by atoms with Crippen LogP contribution in [0, 0.1) is 6.92 Å². The highest BCUT2D eigenvalue weighted by Gasteiger charge is 2.20. The fourth-order valence-corrected chi connectivity index (χ4v) is 2.48. The quantitative estimate of drug-likeness (QED) is 0.390. The zero-order chi connectivity index (χ0) is 16.4. The van der Waals surface area contributed by atoms with Gasteiger partial charge in [-0.25, -0.2) is 0 Å². The molecular formula is C17H14ClN3O2. The molecule has 6 heteroatoms. The number of hydrogen-bond acceptors (Lipinski definition) is 3. The number of halogens is 1. The molecule has 0 spiro atoms. The Bertz CT molecular complexity index is 902. The lowest BCUT2D eigenvalue weighted by atomic mass is 10.1. The molecule has 1 heterocycles. The number of fused-ring (bicyclic) bond motifs is 1. The summed E-state index contributed by atoms with van der Waals surface area (Å²) in [5, 5.41) is 1.12. The number of aryl methyl sites for hydroxylation is 1. The van der Waals surface area contributed by atoms with Crippen molar-refractivity contribution in [3.63, 3.8) is 0 Å². The van der Waals surface area contributed by atoms with Crippen LogP contribution in [-0.4, -0.2) is 16.7 Å². The molecule has 0 radical (unpaired) electrons. The number of carbonyl (C=O) groups is 2. The SMILES string of the molecule is Cc1cccc(NNC(=O)C(=O)c2c[nH]c3ccc(Cl)cc23)c1. The summed E-state index contributed by atoms with van der Waals surface area (Å²) in [5.74, 6) is -1.38. The fourth-order valence-electron chi connectivity index (χ4n) is 2.31. The molecule has 2 aromatic carbocycles. The van der Waals surface area contributed by atoms with Gasteiger partial charge in [0.2, 0.25) is 0 Å². The first kappa shape index (κ1) is 15.1. The van der Waals surface area contributed by atoms with E-state index in [9.17, 15) is 9.59 Å². The number of aromatic amines is 1. The van der Waals surface area contributed by atoms with Crippen LogP contribution in [0.3, 0.4) is 0 Å². The number of Topliss-reactive ketones (excluding diaryl/α,β-unsaturated/α-hetero) is 1. The van der Waals surface area contributed by atoms with Crippen LogP contribution in [0.4, 0.5) is 5.69 Å². The van der Waals surface area contributed by atoms with E-state index in [1.54, 1.807) is 24.3 Å². The Kier molecular flexibility index (Phi) is 4.04. The lowest BCUT2D eigenvalue weighted by Crippen LogP contribution is -2.35. The van der Waals surface area contributed by atoms with E-state index in [1.165, 1.54) is 6.20 Å². The smallest absolute Gasteiger partial charge is 0.310 e. The third-order valence-electron chi connectivity index (χ3n) is 3.43. The van der Waals surface area contributed by atoms with E-state index in [1.807, 2.05) is 25.1 Å². The Hall–Kier alpha value is -2.79. The minimum Gasteiger partial charge on any atom is -0.360 e. The zero-order valence-corrected chi connectivity index (χ0v) is 13.1. The number of hydrogen-bond donors (Lipinski definition) is 3. The van der Waals surface area contributed by atoms with Crippen molar-refractivity contribution in [1.29, 1.82) is 0 Å². The van der Waals surface area contributed by atoms with Crippen LogP contribution in [0.5, 0.6) is 0 Å². The maximum Gasteiger partial charge on any atom is 0.310 e. The standard InChI is InChI=1S/C17H14ClN3O2/c1-10-3-2-4-12(7-10)20-21-17(23)16(22)14-9-19-15-6-5-11(18)8-13(14)15/h2-9,19-20H,1H3,(H,21,23). The molecule has 0 fully saturated rings. The Balaban J connectivity index is 1.76. The van der Waals surface area contributed by atoms with Crippen LogP contribution in [0.2, 0.25) is 5.02 Å². The van der Waals surface area contributed by atoms with Gasteiger partial charge in [0.05, 0.1) is 11.3 Å². The van der Waals surface area contributed by atoms with Gasteiger partial charge in [0.25, 0.3) is 5.78 Å². The first-order valence-corrected chi connectivity index (χ1v) is 7.36. The van der Waals surface area contributed by atoms with Crippen LogP contribution in [0.1, 0.15) is 15.9 Å². The van der Waals surface area contributed by atoms with Crippen LogP contribution >= 0.6 is 11.6 Å². The van der Waals surface area contributed by atoms with Gasteiger partial charge in [0, 0.05) is 22.1 Å². The Morgan fingerprint density at radius 2 is 1.96 bits per heavy atom. The molecular weight excluding hydrogens is 314 g/mol. The summed E-state index contributed by atoms with van der Waals surface area (Å²) in [6.07, 6.45) is 1.51. The van der Waals surface area contributed by atoms with Gasteiger partial charge in [-0.15, -0.1) is 0 Å². The molecule has 3 rings (SSSR count). The predicted octanol–water partition coefficient (Wildman–Crippen LogP) is 3.46. The van der Waals surface area contributed by atoms with Crippen LogP contribution in [-0.2, 0) is 4.79 Å². The number of aromatic nitrogens is 1. The number of rotatable bonds is 4. The molecule has 0 saturated heterocycles. The molecule has 0 atom stereocenters. The molecule has 0 aliphatic rings.